The lowest BCUT2D eigenvalue weighted by Crippen LogP contribution is -2.51. The summed E-state index contributed by atoms with van der Waals surface area (Å²) < 4.78 is 0. The summed E-state index contributed by atoms with van der Waals surface area (Å²) in [5.74, 6) is 0. The Balaban J connectivity index is 1.76. The van der Waals surface area contributed by atoms with Crippen LogP contribution in [0.25, 0.3) is 0 Å². The highest BCUT2D eigenvalue weighted by Crippen LogP contribution is 2.44. The van der Waals surface area contributed by atoms with Crippen molar-refractivity contribution >= 4 is 23.5 Å². The maximum atomic E-state index is 2.72. The van der Waals surface area contributed by atoms with E-state index in [2.05, 4.69) is 72.5 Å². The predicted molar refractivity (Wildman–Crippen MR) is 109 cm³/mol. The van der Waals surface area contributed by atoms with Crippen LogP contribution in [0.5, 0.6) is 0 Å². The lowest BCUT2D eigenvalue weighted by Gasteiger charge is -2.42. The number of hydrogen-bond acceptors (Lipinski definition) is 4. The van der Waals surface area contributed by atoms with Crippen LogP contribution in [0, 0.1) is 0 Å². The Labute approximate surface area is 160 Å². The highest BCUT2D eigenvalue weighted by molar-refractivity contribution is 7.99. The molecule has 0 aromatic heterocycles. The number of benzene rings is 2. The van der Waals surface area contributed by atoms with Gasteiger partial charge in [-0.3, -0.25) is 4.90 Å². The maximum Gasteiger partial charge on any atom is 0.0401 e. The zero-order valence-corrected chi connectivity index (χ0v) is 16.9. The van der Waals surface area contributed by atoms with Crippen LogP contribution in [0.3, 0.4) is 0 Å². The first-order valence-electron chi connectivity index (χ1n) is 9.03. The van der Waals surface area contributed by atoms with Crippen molar-refractivity contribution in [3.05, 3.63) is 53.6 Å². The molecule has 0 spiro atoms. The van der Waals surface area contributed by atoms with Crippen molar-refractivity contribution in [1.29, 1.82) is 0 Å². The molecule has 4 rings (SSSR count). The van der Waals surface area contributed by atoms with E-state index in [4.69, 9.17) is 0 Å². The van der Waals surface area contributed by atoms with Gasteiger partial charge in [-0.15, -0.1) is 11.8 Å². The van der Waals surface area contributed by atoms with Gasteiger partial charge in [-0.1, -0.05) is 30.0 Å². The largest absolute Gasteiger partial charge is 0.301 e. The van der Waals surface area contributed by atoms with Crippen molar-refractivity contribution in [2.24, 2.45) is 0 Å². The molecule has 2 aromatic rings. The van der Waals surface area contributed by atoms with E-state index in [-0.39, 0.29) is 0 Å². The predicted octanol–water partition coefficient (Wildman–Crippen LogP) is 4.79. The standard InChI is InChI=1S/C21H26N2S2/c1-15-14-23(11-10-22(15)2)19-12-16-6-4-5-7-20(16)25-21-9-8-17(24-3)13-18(19)21/h4-9,13,15,19H,10-12,14H2,1-3H3. The first-order valence-corrected chi connectivity index (χ1v) is 11.1. The van der Waals surface area contributed by atoms with Crippen molar-refractivity contribution in [1.82, 2.24) is 9.80 Å². The fourth-order valence-corrected chi connectivity index (χ4v) is 5.46. The van der Waals surface area contributed by atoms with Gasteiger partial charge in [-0.2, -0.15) is 0 Å². The SMILES string of the molecule is CSc1ccc2c(c1)C(N1CCN(C)C(C)C1)Cc1ccccc1S2. The monoisotopic (exact) mass is 370 g/mol. The Bertz CT molecular complexity index is 761. The molecule has 2 unspecified atom stereocenters. The molecule has 0 bridgehead atoms. The summed E-state index contributed by atoms with van der Waals surface area (Å²) in [6, 6.07) is 17.1. The Morgan fingerprint density at radius 3 is 2.72 bits per heavy atom. The van der Waals surface area contributed by atoms with E-state index < -0.39 is 0 Å². The summed E-state index contributed by atoms with van der Waals surface area (Å²) in [6.45, 7) is 5.81. The minimum atomic E-state index is 0.481. The van der Waals surface area contributed by atoms with E-state index >= 15 is 0 Å². The number of likely N-dealkylation sites (N-methyl/N-ethyl adjacent to an activating group) is 1. The topological polar surface area (TPSA) is 6.48 Å². The van der Waals surface area contributed by atoms with E-state index in [1.165, 1.54) is 25.8 Å². The van der Waals surface area contributed by atoms with Crippen LogP contribution in [-0.4, -0.2) is 48.8 Å². The van der Waals surface area contributed by atoms with Crippen molar-refractivity contribution < 1.29 is 0 Å². The van der Waals surface area contributed by atoms with Gasteiger partial charge in [0.2, 0.25) is 0 Å². The number of rotatable bonds is 2. The fourth-order valence-electron chi connectivity index (χ4n) is 3.90. The van der Waals surface area contributed by atoms with Gasteiger partial charge in [0.05, 0.1) is 0 Å². The number of hydrogen-bond donors (Lipinski definition) is 0. The van der Waals surface area contributed by atoms with Crippen LogP contribution < -0.4 is 0 Å². The lowest BCUT2D eigenvalue weighted by molar-refractivity contribution is 0.0704. The summed E-state index contributed by atoms with van der Waals surface area (Å²) in [5, 5.41) is 0. The molecule has 0 N–H and O–H groups in total. The molecule has 2 atom stereocenters. The second-order valence-electron chi connectivity index (χ2n) is 7.16. The minimum absolute atomic E-state index is 0.481. The summed E-state index contributed by atoms with van der Waals surface area (Å²) in [4.78, 5) is 9.42. The molecule has 1 saturated heterocycles. The summed E-state index contributed by atoms with van der Waals surface area (Å²) >= 11 is 3.79. The van der Waals surface area contributed by atoms with Crippen LogP contribution in [0.15, 0.2) is 57.2 Å². The molecule has 2 aromatic carbocycles. The summed E-state index contributed by atoms with van der Waals surface area (Å²) in [7, 11) is 2.25. The maximum absolute atomic E-state index is 2.72. The first kappa shape index (κ1) is 17.5. The van der Waals surface area contributed by atoms with Crippen LogP contribution >= 0.6 is 23.5 Å². The zero-order chi connectivity index (χ0) is 17.4. The molecular weight excluding hydrogens is 344 g/mol. The second-order valence-corrected chi connectivity index (χ2v) is 9.12. The quantitative estimate of drug-likeness (QED) is 0.701. The molecule has 25 heavy (non-hydrogen) atoms. The van der Waals surface area contributed by atoms with Gasteiger partial charge in [0.15, 0.2) is 0 Å². The van der Waals surface area contributed by atoms with Crippen LogP contribution in [-0.2, 0) is 6.42 Å². The van der Waals surface area contributed by atoms with E-state index in [1.54, 1.807) is 0 Å². The smallest absolute Gasteiger partial charge is 0.0401 e. The molecule has 0 aliphatic carbocycles. The molecule has 1 fully saturated rings. The number of nitrogens with zero attached hydrogens (tertiary/aromatic N) is 2. The van der Waals surface area contributed by atoms with Crippen molar-refractivity contribution in [2.75, 3.05) is 32.9 Å². The molecule has 2 aliphatic rings. The van der Waals surface area contributed by atoms with Gasteiger partial charge in [-0.25, -0.2) is 0 Å². The van der Waals surface area contributed by atoms with E-state index in [0.717, 1.165) is 26.1 Å². The van der Waals surface area contributed by atoms with Crippen molar-refractivity contribution in [3.8, 4) is 0 Å². The normalized spacial score (nSPS) is 24.4. The van der Waals surface area contributed by atoms with Gasteiger partial charge >= 0.3 is 0 Å². The third-order valence-electron chi connectivity index (χ3n) is 5.61. The fraction of sp³-hybridized carbons (Fsp3) is 0.429. The lowest BCUT2D eigenvalue weighted by atomic mass is 9.96. The Morgan fingerprint density at radius 1 is 1.08 bits per heavy atom. The van der Waals surface area contributed by atoms with Crippen molar-refractivity contribution in [2.45, 2.75) is 40.1 Å². The van der Waals surface area contributed by atoms with Gasteiger partial charge < -0.3 is 4.90 Å². The van der Waals surface area contributed by atoms with E-state index in [1.807, 2.05) is 23.5 Å². The Kier molecular flexibility index (Phi) is 5.14. The first-order chi connectivity index (χ1) is 12.2. The number of fused-ring (bicyclic) bond motifs is 2. The molecule has 132 valence electrons. The highest BCUT2D eigenvalue weighted by Gasteiger charge is 2.31. The minimum Gasteiger partial charge on any atom is -0.301 e. The second kappa shape index (κ2) is 7.36. The molecule has 2 nitrogen and oxygen atoms in total. The molecule has 2 aliphatic heterocycles. The van der Waals surface area contributed by atoms with Crippen LogP contribution in [0.1, 0.15) is 24.1 Å². The molecule has 2 heterocycles. The highest BCUT2D eigenvalue weighted by atomic mass is 32.2. The molecule has 0 amide bonds. The number of thioether (sulfide) groups is 1. The molecule has 4 heteroatoms. The Morgan fingerprint density at radius 2 is 1.92 bits per heavy atom. The van der Waals surface area contributed by atoms with Crippen molar-refractivity contribution in [3.63, 3.8) is 0 Å². The third-order valence-corrected chi connectivity index (χ3v) is 7.55. The summed E-state index contributed by atoms with van der Waals surface area (Å²) in [5.41, 5.74) is 3.01. The number of piperazine rings is 1. The Hall–Kier alpha value is -0.940. The molecule has 0 saturated carbocycles. The molecule has 0 radical (unpaired) electrons. The summed E-state index contributed by atoms with van der Waals surface area (Å²) in [6.07, 6.45) is 3.29. The average molecular weight is 371 g/mol. The van der Waals surface area contributed by atoms with Gasteiger partial charge in [0, 0.05) is 46.4 Å². The van der Waals surface area contributed by atoms with Gasteiger partial charge in [0.25, 0.3) is 0 Å². The van der Waals surface area contributed by atoms with Gasteiger partial charge in [0.1, 0.15) is 0 Å². The average Bonchev–Trinajstić information content (AvgIpc) is 2.80. The molecular formula is C21H26N2S2. The van der Waals surface area contributed by atoms with Crippen LogP contribution in [0.4, 0.5) is 0 Å². The van der Waals surface area contributed by atoms with Gasteiger partial charge in [-0.05, 0) is 62.0 Å². The van der Waals surface area contributed by atoms with E-state index in [0.29, 0.717) is 12.1 Å². The van der Waals surface area contributed by atoms with E-state index in [9.17, 15) is 0 Å². The van der Waals surface area contributed by atoms with Crippen LogP contribution in [0.2, 0.25) is 0 Å². The third kappa shape index (κ3) is 3.50. The zero-order valence-electron chi connectivity index (χ0n) is 15.2.